The number of methoxy groups -OCH3 is 1. The average Bonchev–Trinajstić information content (AvgIpc) is 2.93. The molecule has 0 amide bonds. The van der Waals surface area contributed by atoms with Gasteiger partial charge in [0.25, 0.3) is 0 Å². The van der Waals surface area contributed by atoms with E-state index in [0.29, 0.717) is 6.04 Å². The van der Waals surface area contributed by atoms with Crippen molar-refractivity contribution in [3.63, 3.8) is 0 Å². The number of likely N-dealkylation sites (N-methyl/N-ethyl adjacent to an activating group) is 1. The number of nitrogens with zero attached hydrogens (tertiary/aromatic N) is 1. The quantitative estimate of drug-likeness (QED) is 0.742. The van der Waals surface area contributed by atoms with Gasteiger partial charge in [0.2, 0.25) is 5.76 Å². The minimum atomic E-state index is -0.445. The second kappa shape index (κ2) is 8.07. The van der Waals surface area contributed by atoms with Crippen molar-refractivity contribution < 1.29 is 13.9 Å². The largest absolute Gasteiger partial charge is 0.463 e. The molecule has 1 N–H and O–H groups in total. The minimum Gasteiger partial charge on any atom is -0.463 e. The number of carbonyl (C=O) groups excluding carboxylic acids is 1. The number of ether oxygens (including phenoxy) is 1. The normalized spacial score (nSPS) is 14.3. The van der Waals surface area contributed by atoms with Crippen molar-refractivity contribution in [2.24, 2.45) is 0 Å². The monoisotopic (exact) mass is 282 g/mol. The summed E-state index contributed by atoms with van der Waals surface area (Å²) in [7, 11) is 1.35. The van der Waals surface area contributed by atoms with Crippen molar-refractivity contribution in [3.05, 3.63) is 23.7 Å². The van der Waals surface area contributed by atoms with Gasteiger partial charge in [0.05, 0.1) is 13.2 Å². The minimum absolute atomic E-state index is 0.0546. The van der Waals surface area contributed by atoms with E-state index in [9.17, 15) is 4.79 Å². The third-order valence-electron chi connectivity index (χ3n) is 3.40. The lowest BCUT2D eigenvalue weighted by Crippen LogP contribution is -2.40. The van der Waals surface area contributed by atoms with Crippen LogP contribution < -0.4 is 5.32 Å². The molecule has 0 aliphatic carbocycles. The summed E-state index contributed by atoms with van der Waals surface area (Å²) in [5, 5.41) is 3.48. The molecule has 0 aliphatic heterocycles. The molecule has 0 fully saturated rings. The van der Waals surface area contributed by atoms with Crippen molar-refractivity contribution >= 4 is 5.97 Å². The van der Waals surface area contributed by atoms with E-state index in [1.165, 1.54) is 7.11 Å². The Kier molecular flexibility index (Phi) is 6.75. The second-order valence-electron chi connectivity index (χ2n) is 4.97. The van der Waals surface area contributed by atoms with Crippen LogP contribution >= 0.6 is 0 Å². The van der Waals surface area contributed by atoms with Crippen LogP contribution in [0.25, 0.3) is 0 Å². The van der Waals surface area contributed by atoms with E-state index in [2.05, 4.69) is 35.7 Å². The van der Waals surface area contributed by atoms with E-state index in [4.69, 9.17) is 4.42 Å². The molecule has 0 aliphatic rings. The van der Waals surface area contributed by atoms with Crippen LogP contribution in [0.4, 0.5) is 0 Å². The second-order valence-corrected chi connectivity index (χ2v) is 4.97. The summed E-state index contributed by atoms with van der Waals surface area (Å²) in [5.41, 5.74) is 0. The molecular weight excluding hydrogens is 256 g/mol. The topological polar surface area (TPSA) is 54.7 Å². The van der Waals surface area contributed by atoms with Crippen LogP contribution in [-0.4, -0.2) is 43.7 Å². The maximum Gasteiger partial charge on any atom is 0.373 e. The van der Waals surface area contributed by atoms with Gasteiger partial charge in [-0.25, -0.2) is 4.79 Å². The van der Waals surface area contributed by atoms with Gasteiger partial charge < -0.3 is 19.4 Å². The summed E-state index contributed by atoms with van der Waals surface area (Å²) < 4.78 is 10.1. The van der Waals surface area contributed by atoms with E-state index >= 15 is 0 Å². The van der Waals surface area contributed by atoms with Gasteiger partial charge in [-0.1, -0.05) is 13.8 Å². The van der Waals surface area contributed by atoms with Gasteiger partial charge in [0.15, 0.2) is 0 Å². The first kappa shape index (κ1) is 16.7. The number of carbonyl (C=O) groups is 1. The first-order chi connectivity index (χ1) is 9.51. The van der Waals surface area contributed by atoms with E-state index in [0.717, 1.165) is 25.4 Å². The first-order valence-corrected chi connectivity index (χ1v) is 7.18. The molecule has 0 bridgehead atoms. The van der Waals surface area contributed by atoms with Crippen molar-refractivity contribution in [2.45, 2.75) is 39.8 Å². The van der Waals surface area contributed by atoms with Crippen molar-refractivity contribution in [1.82, 2.24) is 10.2 Å². The smallest absolute Gasteiger partial charge is 0.373 e. The molecule has 1 heterocycles. The Hall–Kier alpha value is -1.33. The Labute approximate surface area is 121 Å². The molecule has 114 valence electrons. The molecular formula is C15H26N2O3. The molecule has 5 heteroatoms. The van der Waals surface area contributed by atoms with E-state index < -0.39 is 5.97 Å². The maximum atomic E-state index is 11.4. The highest BCUT2D eigenvalue weighted by atomic mass is 16.5. The van der Waals surface area contributed by atoms with Crippen molar-refractivity contribution in [3.8, 4) is 0 Å². The van der Waals surface area contributed by atoms with Crippen LogP contribution in [0.15, 0.2) is 16.5 Å². The van der Waals surface area contributed by atoms with E-state index in [1.54, 1.807) is 6.07 Å². The number of rotatable bonds is 8. The summed E-state index contributed by atoms with van der Waals surface area (Å²) in [6.07, 6.45) is 0. The highest BCUT2D eigenvalue weighted by Gasteiger charge is 2.17. The number of furan rings is 1. The van der Waals surface area contributed by atoms with Crippen molar-refractivity contribution in [1.29, 1.82) is 0 Å². The summed E-state index contributed by atoms with van der Waals surface area (Å²) in [6, 6.07) is 3.86. The van der Waals surface area contributed by atoms with Crippen LogP contribution in [0.3, 0.4) is 0 Å². The number of esters is 1. The molecule has 5 nitrogen and oxygen atoms in total. The fourth-order valence-electron chi connectivity index (χ4n) is 2.23. The predicted molar refractivity (Wildman–Crippen MR) is 78.8 cm³/mol. The Balaban J connectivity index is 2.55. The zero-order valence-electron chi connectivity index (χ0n) is 13.1. The van der Waals surface area contributed by atoms with Gasteiger partial charge in [0.1, 0.15) is 5.76 Å². The summed E-state index contributed by atoms with van der Waals surface area (Å²) >= 11 is 0. The molecule has 2 unspecified atom stereocenters. The van der Waals surface area contributed by atoms with Gasteiger partial charge in [-0.3, -0.25) is 0 Å². The Morgan fingerprint density at radius 3 is 2.55 bits per heavy atom. The standard InChI is InChI=1S/C15H26N2O3/c1-6-17(7-2)10-11(3)16-12(4)13-8-9-14(20-13)15(18)19-5/h8-9,11-12,16H,6-7,10H2,1-5H3. The molecule has 0 saturated carbocycles. The SMILES string of the molecule is CCN(CC)CC(C)NC(C)c1ccc(C(=O)OC)o1. The van der Waals surface area contributed by atoms with Crippen LogP contribution in [0.5, 0.6) is 0 Å². The third-order valence-corrected chi connectivity index (χ3v) is 3.40. The van der Waals surface area contributed by atoms with Crippen LogP contribution in [0.1, 0.15) is 50.1 Å². The Morgan fingerprint density at radius 1 is 1.35 bits per heavy atom. The predicted octanol–water partition coefficient (Wildman–Crippen LogP) is 2.45. The van der Waals surface area contributed by atoms with Crippen molar-refractivity contribution in [2.75, 3.05) is 26.7 Å². The maximum absolute atomic E-state index is 11.4. The number of hydrogen-bond donors (Lipinski definition) is 1. The molecule has 20 heavy (non-hydrogen) atoms. The number of nitrogens with one attached hydrogen (secondary N) is 1. The van der Waals surface area contributed by atoms with Gasteiger partial charge in [-0.2, -0.15) is 0 Å². The lowest BCUT2D eigenvalue weighted by Gasteiger charge is -2.25. The van der Waals surface area contributed by atoms with Gasteiger partial charge in [-0.05, 0) is 39.1 Å². The van der Waals surface area contributed by atoms with Gasteiger partial charge >= 0.3 is 5.97 Å². The molecule has 2 atom stereocenters. The average molecular weight is 282 g/mol. The fraction of sp³-hybridized carbons (Fsp3) is 0.667. The molecule has 0 radical (unpaired) electrons. The van der Waals surface area contributed by atoms with E-state index in [1.807, 2.05) is 13.0 Å². The number of hydrogen-bond acceptors (Lipinski definition) is 5. The lowest BCUT2D eigenvalue weighted by molar-refractivity contribution is 0.0562. The molecule has 0 aromatic carbocycles. The first-order valence-electron chi connectivity index (χ1n) is 7.18. The summed E-state index contributed by atoms with van der Waals surface area (Å²) in [5.74, 6) is 0.545. The fourth-order valence-corrected chi connectivity index (χ4v) is 2.23. The molecule has 1 rings (SSSR count). The molecule has 0 spiro atoms. The zero-order chi connectivity index (χ0) is 15.1. The van der Waals surface area contributed by atoms with E-state index in [-0.39, 0.29) is 11.8 Å². The highest BCUT2D eigenvalue weighted by molar-refractivity contribution is 5.86. The molecule has 1 aromatic heterocycles. The third kappa shape index (κ3) is 4.65. The van der Waals surface area contributed by atoms with Crippen LogP contribution in [-0.2, 0) is 4.74 Å². The molecule has 0 saturated heterocycles. The zero-order valence-corrected chi connectivity index (χ0v) is 13.1. The van der Waals surface area contributed by atoms with Crippen LogP contribution in [0.2, 0.25) is 0 Å². The van der Waals surface area contributed by atoms with Gasteiger partial charge in [0, 0.05) is 12.6 Å². The molecule has 1 aromatic rings. The summed E-state index contributed by atoms with van der Waals surface area (Å²) in [4.78, 5) is 13.7. The Bertz CT molecular complexity index is 413. The Morgan fingerprint density at radius 2 is 2.00 bits per heavy atom. The lowest BCUT2D eigenvalue weighted by atomic mass is 10.2. The van der Waals surface area contributed by atoms with Gasteiger partial charge in [-0.15, -0.1) is 0 Å². The van der Waals surface area contributed by atoms with Crippen LogP contribution in [0, 0.1) is 0 Å². The summed E-state index contributed by atoms with van der Waals surface area (Å²) in [6.45, 7) is 11.6. The highest BCUT2D eigenvalue weighted by Crippen LogP contribution is 2.17.